The molecular formula is C26H25N5O4S. The first kappa shape index (κ1) is 24.8. The number of carbonyl (C=O) groups is 3. The fourth-order valence-corrected chi connectivity index (χ4v) is 4.15. The number of nitrogens with zero attached hydrogens (tertiary/aromatic N) is 3. The molecule has 3 amide bonds. The first-order valence-corrected chi connectivity index (χ1v) is 11.7. The minimum atomic E-state index is -1.02. The molecule has 2 heterocycles. The zero-order chi connectivity index (χ0) is 25.5. The quantitative estimate of drug-likeness (QED) is 0.433. The van der Waals surface area contributed by atoms with Gasteiger partial charge in [-0.1, -0.05) is 30.3 Å². The Morgan fingerprint density at radius 1 is 1.06 bits per heavy atom. The molecule has 36 heavy (non-hydrogen) atoms. The van der Waals surface area contributed by atoms with Gasteiger partial charge in [-0.25, -0.2) is 5.01 Å². The average Bonchev–Trinajstić information content (AvgIpc) is 3.13. The SMILES string of the molecule is COc1ccc(N2C(=O)[C@@H](CC(=O)NCCc3ccccc3)N(NC(=O)c3cccnc3)C2=S)cc1. The zero-order valence-corrected chi connectivity index (χ0v) is 20.4. The van der Waals surface area contributed by atoms with Gasteiger partial charge in [0.25, 0.3) is 11.8 Å². The third kappa shape index (κ3) is 5.66. The maximum Gasteiger partial charge on any atom is 0.271 e. The molecule has 10 heteroatoms. The average molecular weight is 504 g/mol. The number of nitrogens with one attached hydrogen (secondary N) is 2. The van der Waals surface area contributed by atoms with Gasteiger partial charge in [-0.3, -0.25) is 29.7 Å². The highest BCUT2D eigenvalue weighted by Gasteiger charge is 2.45. The molecule has 4 rings (SSSR count). The lowest BCUT2D eigenvalue weighted by atomic mass is 10.1. The van der Waals surface area contributed by atoms with E-state index in [1.165, 1.54) is 16.1 Å². The van der Waals surface area contributed by atoms with Gasteiger partial charge < -0.3 is 10.1 Å². The van der Waals surface area contributed by atoms with Crippen LogP contribution in [0.1, 0.15) is 22.3 Å². The van der Waals surface area contributed by atoms with E-state index >= 15 is 0 Å². The molecule has 1 aliphatic rings. The molecule has 1 atom stereocenters. The second kappa shape index (κ2) is 11.4. The van der Waals surface area contributed by atoms with Gasteiger partial charge in [-0.2, -0.15) is 0 Å². The number of thiocarbonyl (C=S) groups is 1. The first-order chi connectivity index (χ1) is 17.5. The van der Waals surface area contributed by atoms with Crippen molar-refractivity contribution in [1.29, 1.82) is 0 Å². The van der Waals surface area contributed by atoms with E-state index in [0.29, 0.717) is 30.0 Å². The number of hydrazine groups is 1. The molecule has 184 valence electrons. The fraction of sp³-hybridized carbons (Fsp3) is 0.192. The van der Waals surface area contributed by atoms with Crippen LogP contribution in [-0.4, -0.2) is 52.5 Å². The van der Waals surface area contributed by atoms with Gasteiger partial charge in [-0.15, -0.1) is 0 Å². The molecule has 2 aromatic carbocycles. The summed E-state index contributed by atoms with van der Waals surface area (Å²) >= 11 is 5.57. The van der Waals surface area contributed by atoms with Crippen LogP contribution in [0.2, 0.25) is 0 Å². The molecule has 2 N–H and O–H groups in total. The second-order valence-corrected chi connectivity index (χ2v) is 8.38. The Morgan fingerprint density at radius 3 is 2.47 bits per heavy atom. The highest BCUT2D eigenvalue weighted by molar-refractivity contribution is 7.80. The third-order valence-electron chi connectivity index (χ3n) is 5.65. The van der Waals surface area contributed by atoms with Crippen LogP contribution in [0.3, 0.4) is 0 Å². The number of benzene rings is 2. The van der Waals surface area contributed by atoms with Crippen molar-refractivity contribution in [2.75, 3.05) is 18.6 Å². The third-order valence-corrected chi connectivity index (χ3v) is 6.03. The summed E-state index contributed by atoms with van der Waals surface area (Å²) in [5.41, 5.74) is 4.56. The van der Waals surface area contributed by atoms with Crippen molar-refractivity contribution >= 4 is 40.7 Å². The Morgan fingerprint density at radius 2 is 1.81 bits per heavy atom. The molecule has 0 aliphatic carbocycles. The van der Waals surface area contributed by atoms with E-state index in [9.17, 15) is 14.4 Å². The fourth-order valence-electron chi connectivity index (χ4n) is 3.78. The molecule has 0 unspecified atom stereocenters. The predicted octanol–water partition coefficient (Wildman–Crippen LogP) is 2.49. The summed E-state index contributed by atoms with van der Waals surface area (Å²) in [5.74, 6) is -0.629. The van der Waals surface area contributed by atoms with E-state index in [1.54, 1.807) is 49.7 Å². The predicted molar refractivity (Wildman–Crippen MR) is 138 cm³/mol. The number of ether oxygens (including phenoxy) is 1. The zero-order valence-electron chi connectivity index (χ0n) is 19.6. The summed E-state index contributed by atoms with van der Waals surface area (Å²) in [4.78, 5) is 44.3. The van der Waals surface area contributed by atoms with Gasteiger partial charge in [0.05, 0.1) is 24.8 Å². The minimum Gasteiger partial charge on any atom is -0.497 e. The van der Waals surface area contributed by atoms with Crippen LogP contribution in [0.4, 0.5) is 5.69 Å². The van der Waals surface area contributed by atoms with E-state index in [-0.39, 0.29) is 17.4 Å². The van der Waals surface area contributed by atoms with Crippen LogP contribution in [0.15, 0.2) is 79.1 Å². The lowest BCUT2D eigenvalue weighted by Crippen LogP contribution is -2.50. The highest BCUT2D eigenvalue weighted by atomic mass is 32.1. The van der Waals surface area contributed by atoms with Crippen LogP contribution < -0.4 is 20.4 Å². The number of methoxy groups -OCH3 is 1. The number of aromatic nitrogens is 1. The smallest absolute Gasteiger partial charge is 0.271 e. The van der Waals surface area contributed by atoms with Gasteiger partial charge in [0.1, 0.15) is 11.8 Å². The van der Waals surface area contributed by atoms with Crippen LogP contribution in [0.25, 0.3) is 0 Å². The topological polar surface area (TPSA) is 104 Å². The Hall–Kier alpha value is -4.31. The summed E-state index contributed by atoms with van der Waals surface area (Å²) in [6.45, 7) is 0.415. The molecule has 1 aliphatic heterocycles. The van der Waals surface area contributed by atoms with E-state index in [0.717, 1.165) is 5.56 Å². The Labute approximate surface area is 214 Å². The summed E-state index contributed by atoms with van der Waals surface area (Å²) < 4.78 is 5.19. The summed E-state index contributed by atoms with van der Waals surface area (Å²) in [6.07, 6.45) is 3.42. The molecule has 0 saturated carbocycles. The first-order valence-electron chi connectivity index (χ1n) is 11.3. The van der Waals surface area contributed by atoms with Crippen LogP contribution in [-0.2, 0) is 16.0 Å². The van der Waals surface area contributed by atoms with Crippen molar-refractivity contribution in [3.8, 4) is 5.75 Å². The summed E-state index contributed by atoms with van der Waals surface area (Å²) in [5, 5.41) is 4.18. The standard InChI is InChI=1S/C26H25N5O4S/c1-35-21-11-9-20(10-12-21)30-25(34)22(16-23(32)28-15-13-18-6-3-2-4-7-18)31(26(30)36)29-24(33)19-8-5-14-27-17-19/h2-12,14,17,22H,13,15-16H2,1H3,(H,28,32)(H,29,33)/t22-/m1/s1. The highest BCUT2D eigenvalue weighted by Crippen LogP contribution is 2.27. The number of rotatable bonds is 9. The number of pyridine rings is 1. The monoisotopic (exact) mass is 503 g/mol. The number of hydrogen-bond acceptors (Lipinski definition) is 6. The molecule has 1 fully saturated rings. The van der Waals surface area contributed by atoms with E-state index in [1.807, 2.05) is 30.3 Å². The van der Waals surface area contributed by atoms with Crippen molar-refractivity contribution in [2.45, 2.75) is 18.9 Å². The maximum absolute atomic E-state index is 13.5. The van der Waals surface area contributed by atoms with Crippen LogP contribution in [0, 0.1) is 0 Å². The number of anilines is 1. The van der Waals surface area contributed by atoms with Crippen molar-refractivity contribution < 1.29 is 19.1 Å². The lowest BCUT2D eigenvalue weighted by molar-refractivity contribution is -0.127. The summed E-state index contributed by atoms with van der Waals surface area (Å²) in [6, 6.07) is 18.7. The van der Waals surface area contributed by atoms with E-state index < -0.39 is 17.9 Å². The maximum atomic E-state index is 13.5. The van der Waals surface area contributed by atoms with Gasteiger partial charge in [0, 0.05) is 18.9 Å². The Bertz CT molecular complexity index is 1240. The lowest BCUT2D eigenvalue weighted by Gasteiger charge is -2.24. The molecular weight excluding hydrogens is 478 g/mol. The van der Waals surface area contributed by atoms with E-state index in [4.69, 9.17) is 17.0 Å². The number of carbonyl (C=O) groups excluding carboxylic acids is 3. The van der Waals surface area contributed by atoms with Gasteiger partial charge in [0.15, 0.2) is 0 Å². The van der Waals surface area contributed by atoms with Crippen molar-refractivity contribution in [1.82, 2.24) is 20.7 Å². The normalized spacial score (nSPS) is 15.1. The molecule has 9 nitrogen and oxygen atoms in total. The van der Waals surface area contributed by atoms with Crippen LogP contribution >= 0.6 is 12.2 Å². The molecule has 3 aromatic rings. The molecule has 0 spiro atoms. The molecule has 0 radical (unpaired) electrons. The van der Waals surface area contributed by atoms with Crippen molar-refractivity contribution in [3.05, 3.63) is 90.3 Å². The molecule has 1 aromatic heterocycles. The van der Waals surface area contributed by atoms with Gasteiger partial charge in [0.2, 0.25) is 11.0 Å². The van der Waals surface area contributed by atoms with Gasteiger partial charge in [-0.05, 0) is 60.6 Å². The van der Waals surface area contributed by atoms with Gasteiger partial charge >= 0.3 is 0 Å². The Balaban J connectivity index is 1.51. The largest absolute Gasteiger partial charge is 0.497 e. The second-order valence-electron chi connectivity index (χ2n) is 8.01. The number of hydrogen-bond donors (Lipinski definition) is 2. The van der Waals surface area contributed by atoms with Crippen molar-refractivity contribution in [2.24, 2.45) is 0 Å². The minimum absolute atomic E-state index is 0.0597. The molecule has 0 bridgehead atoms. The van der Waals surface area contributed by atoms with Crippen LogP contribution in [0.5, 0.6) is 5.75 Å². The van der Waals surface area contributed by atoms with E-state index in [2.05, 4.69) is 15.7 Å². The van der Waals surface area contributed by atoms with Crippen molar-refractivity contribution in [3.63, 3.8) is 0 Å². The molecule has 1 saturated heterocycles. The summed E-state index contributed by atoms with van der Waals surface area (Å²) in [7, 11) is 1.54. The number of amides is 3. The Kier molecular flexibility index (Phi) is 7.86.